The maximum Gasteiger partial charge on any atom is 0.242 e. The number of nitrogens with two attached hydrogens (primary N) is 1. The average molecular weight is 294 g/mol. The fraction of sp³-hybridized carbons (Fsp3) is 0.357. The standard InChI is InChI=1S/C14H18N2OS2/c1-8-7-11(10(3)19-8)9(2)16-14(17)13(15)12-5-4-6-18-12/h4-7,9,13H,15H2,1-3H3,(H,16,17). The number of rotatable bonds is 4. The van der Waals surface area contributed by atoms with E-state index >= 15 is 0 Å². The first kappa shape index (κ1) is 14.2. The Kier molecular flexibility index (Phi) is 4.39. The smallest absolute Gasteiger partial charge is 0.242 e. The van der Waals surface area contributed by atoms with Crippen molar-refractivity contribution in [1.82, 2.24) is 5.32 Å². The van der Waals surface area contributed by atoms with E-state index in [1.165, 1.54) is 26.7 Å². The summed E-state index contributed by atoms with van der Waals surface area (Å²) in [6.07, 6.45) is 0. The molecule has 0 bridgehead atoms. The first-order chi connectivity index (χ1) is 8.99. The average Bonchev–Trinajstić information content (AvgIpc) is 2.97. The lowest BCUT2D eigenvalue weighted by Crippen LogP contribution is -2.35. The van der Waals surface area contributed by atoms with Crippen LogP contribution in [0.3, 0.4) is 0 Å². The summed E-state index contributed by atoms with van der Waals surface area (Å²) in [5.74, 6) is -0.127. The Morgan fingerprint density at radius 3 is 2.68 bits per heavy atom. The predicted octanol–water partition coefficient (Wildman–Crippen LogP) is 3.30. The second kappa shape index (κ2) is 5.86. The van der Waals surface area contributed by atoms with Crippen LogP contribution in [-0.4, -0.2) is 5.91 Å². The Hall–Kier alpha value is -1.17. The van der Waals surface area contributed by atoms with Crippen molar-refractivity contribution in [2.75, 3.05) is 0 Å². The van der Waals surface area contributed by atoms with Crippen molar-refractivity contribution in [3.63, 3.8) is 0 Å². The highest BCUT2D eigenvalue weighted by Crippen LogP contribution is 2.26. The lowest BCUT2D eigenvalue weighted by molar-refractivity contribution is -0.123. The van der Waals surface area contributed by atoms with E-state index in [4.69, 9.17) is 5.73 Å². The summed E-state index contributed by atoms with van der Waals surface area (Å²) >= 11 is 3.26. The van der Waals surface area contributed by atoms with Gasteiger partial charge in [-0.2, -0.15) is 0 Å². The minimum absolute atomic E-state index is 0.0107. The summed E-state index contributed by atoms with van der Waals surface area (Å²) in [5, 5.41) is 4.92. The highest BCUT2D eigenvalue weighted by Gasteiger charge is 2.20. The third kappa shape index (κ3) is 3.23. The van der Waals surface area contributed by atoms with E-state index < -0.39 is 6.04 Å². The van der Waals surface area contributed by atoms with Crippen molar-refractivity contribution in [3.8, 4) is 0 Å². The zero-order valence-corrected chi connectivity index (χ0v) is 12.9. The molecule has 0 aliphatic rings. The highest BCUT2D eigenvalue weighted by molar-refractivity contribution is 7.12. The molecule has 0 aliphatic carbocycles. The number of nitrogens with one attached hydrogen (secondary N) is 1. The van der Waals surface area contributed by atoms with E-state index in [1.807, 2.05) is 24.4 Å². The second-order valence-corrected chi connectivity index (χ2v) is 7.03. The van der Waals surface area contributed by atoms with Crippen LogP contribution in [0.1, 0.15) is 39.2 Å². The van der Waals surface area contributed by atoms with Gasteiger partial charge in [0.05, 0.1) is 6.04 Å². The van der Waals surface area contributed by atoms with E-state index in [2.05, 4.69) is 25.2 Å². The van der Waals surface area contributed by atoms with E-state index in [-0.39, 0.29) is 11.9 Å². The van der Waals surface area contributed by atoms with Crippen molar-refractivity contribution in [3.05, 3.63) is 43.8 Å². The maximum atomic E-state index is 12.1. The van der Waals surface area contributed by atoms with Crippen molar-refractivity contribution in [1.29, 1.82) is 0 Å². The molecule has 0 saturated carbocycles. The van der Waals surface area contributed by atoms with Crippen LogP contribution in [0.15, 0.2) is 23.6 Å². The van der Waals surface area contributed by atoms with Crippen LogP contribution in [0.5, 0.6) is 0 Å². The van der Waals surface area contributed by atoms with Gasteiger partial charge in [0.15, 0.2) is 0 Å². The molecule has 2 unspecified atom stereocenters. The van der Waals surface area contributed by atoms with E-state index in [1.54, 1.807) is 11.3 Å². The normalized spacial score (nSPS) is 14.1. The SMILES string of the molecule is Cc1cc(C(C)NC(=O)C(N)c2cccs2)c(C)s1. The Morgan fingerprint density at radius 1 is 1.42 bits per heavy atom. The third-order valence-electron chi connectivity index (χ3n) is 3.04. The van der Waals surface area contributed by atoms with Gasteiger partial charge in [-0.25, -0.2) is 0 Å². The minimum atomic E-state index is -0.581. The highest BCUT2D eigenvalue weighted by atomic mass is 32.1. The van der Waals surface area contributed by atoms with E-state index in [0.29, 0.717) is 0 Å². The van der Waals surface area contributed by atoms with E-state index in [0.717, 1.165) is 4.88 Å². The van der Waals surface area contributed by atoms with Crippen LogP contribution >= 0.6 is 22.7 Å². The lowest BCUT2D eigenvalue weighted by Gasteiger charge is -2.17. The van der Waals surface area contributed by atoms with Crippen LogP contribution in [0.2, 0.25) is 0 Å². The number of carbonyl (C=O) groups is 1. The van der Waals surface area contributed by atoms with Crippen LogP contribution < -0.4 is 11.1 Å². The fourth-order valence-corrected chi connectivity index (χ4v) is 3.81. The molecule has 102 valence electrons. The molecule has 3 nitrogen and oxygen atoms in total. The minimum Gasteiger partial charge on any atom is -0.348 e. The molecule has 0 aliphatic heterocycles. The van der Waals surface area contributed by atoms with Gasteiger partial charge < -0.3 is 11.1 Å². The molecule has 2 atom stereocenters. The van der Waals surface area contributed by atoms with Gasteiger partial charge >= 0.3 is 0 Å². The topological polar surface area (TPSA) is 55.1 Å². The van der Waals surface area contributed by atoms with Crippen LogP contribution in [0.25, 0.3) is 0 Å². The quantitative estimate of drug-likeness (QED) is 0.909. The first-order valence-electron chi connectivity index (χ1n) is 6.15. The number of hydrogen-bond donors (Lipinski definition) is 2. The number of hydrogen-bond acceptors (Lipinski definition) is 4. The molecule has 5 heteroatoms. The van der Waals surface area contributed by atoms with Crippen LogP contribution in [0, 0.1) is 13.8 Å². The molecule has 0 saturated heterocycles. The fourth-order valence-electron chi connectivity index (χ4n) is 2.06. The van der Waals surface area contributed by atoms with Crippen molar-refractivity contribution in [2.45, 2.75) is 32.9 Å². The Balaban J connectivity index is 2.05. The van der Waals surface area contributed by atoms with Crippen molar-refractivity contribution >= 4 is 28.6 Å². The summed E-state index contributed by atoms with van der Waals surface area (Å²) in [4.78, 5) is 15.5. The molecule has 0 fully saturated rings. The third-order valence-corrected chi connectivity index (χ3v) is 4.97. The molecular weight excluding hydrogens is 276 g/mol. The Bertz CT molecular complexity index is 560. The largest absolute Gasteiger partial charge is 0.348 e. The van der Waals surface area contributed by atoms with Crippen LogP contribution in [-0.2, 0) is 4.79 Å². The van der Waals surface area contributed by atoms with Gasteiger partial charge in [-0.3, -0.25) is 4.79 Å². The Morgan fingerprint density at radius 2 is 2.16 bits per heavy atom. The number of amides is 1. The molecule has 2 aromatic heterocycles. The number of carbonyl (C=O) groups excluding carboxylic acids is 1. The van der Waals surface area contributed by atoms with Crippen LogP contribution in [0.4, 0.5) is 0 Å². The zero-order valence-electron chi connectivity index (χ0n) is 11.3. The molecular formula is C14H18N2OS2. The molecule has 2 aromatic rings. The summed E-state index contributed by atoms with van der Waals surface area (Å²) in [6.45, 7) is 6.15. The zero-order chi connectivity index (χ0) is 14.0. The number of aryl methyl sites for hydroxylation is 2. The summed E-state index contributed by atoms with van der Waals surface area (Å²) in [5.41, 5.74) is 7.13. The molecule has 3 N–H and O–H groups in total. The Labute approximate surface area is 121 Å². The maximum absolute atomic E-state index is 12.1. The predicted molar refractivity (Wildman–Crippen MR) is 81.6 cm³/mol. The van der Waals surface area contributed by atoms with Gasteiger partial charge in [0.25, 0.3) is 0 Å². The van der Waals surface area contributed by atoms with E-state index in [9.17, 15) is 4.79 Å². The molecule has 0 aromatic carbocycles. The summed E-state index contributed by atoms with van der Waals surface area (Å²) in [6, 6.07) is 5.33. The second-order valence-electron chi connectivity index (χ2n) is 4.59. The van der Waals surface area contributed by atoms with Crippen molar-refractivity contribution in [2.24, 2.45) is 5.73 Å². The van der Waals surface area contributed by atoms with Gasteiger partial charge in [-0.1, -0.05) is 6.07 Å². The van der Waals surface area contributed by atoms with Gasteiger partial charge in [0, 0.05) is 14.6 Å². The number of thiophene rings is 2. The lowest BCUT2D eigenvalue weighted by atomic mass is 10.1. The first-order valence-corrected chi connectivity index (χ1v) is 7.85. The van der Waals surface area contributed by atoms with Gasteiger partial charge in [0.2, 0.25) is 5.91 Å². The van der Waals surface area contributed by atoms with Gasteiger partial charge in [0.1, 0.15) is 6.04 Å². The van der Waals surface area contributed by atoms with Crippen molar-refractivity contribution < 1.29 is 4.79 Å². The monoisotopic (exact) mass is 294 g/mol. The molecule has 1 amide bonds. The van der Waals surface area contributed by atoms with Gasteiger partial charge in [-0.05, 0) is 43.8 Å². The molecule has 2 rings (SSSR count). The summed E-state index contributed by atoms with van der Waals surface area (Å²) < 4.78 is 0. The molecule has 2 heterocycles. The summed E-state index contributed by atoms with van der Waals surface area (Å²) in [7, 11) is 0. The molecule has 0 radical (unpaired) electrons. The van der Waals surface area contributed by atoms with Gasteiger partial charge in [-0.15, -0.1) is 22.7 Å². The molecule has 0 spiro atoms. The molecule has 19 heavy (non-hydrogen) atoms.